The quantitative estimate of drug-likeness (QED) is 0.481. The molecule has 1 fully saturated rings. The molecule has 1 saturated heterocycles. The Kier molecular flexibility index (Phi) is 6.11. The Labute approximate surface area is 184 Å². The number of non-ortho nitro benzene ring substituents is 1. The molecule has 4 rings (SSSR count). The van der Waals surface area contributed by atoms with Gasteiger partial charge in [0, 0.05) is 31.4 Å². The second-order valence-electron chi connectivity index (χ2n) is 7.71. The zero-order valence-electron chi connectivity index (χ0n) is 17.2. The van der Waals surface area contributed by atoms with Gasteiger partial charge in [0.1, 0.15) is 0 Å². The average molecular weight is 463 g/mol. The fraction of sp³-hybridized carbons (Fsp3) is 0.381. The van der Waals surface area contributed by atoms with E-state index in [1.54, 1.807) is 12.1 Å². The van der Waals surface area contributed by atoms with Crippen LogP contribution in [0, 0.1) is 15.9 Å². The molecule has 0 bridgehead atoms. The molecule has 11 heteroatoms. The van der Waals surface area contributed by atoms with Gasteiger partial charge < -0.3 is 9.64 Å². The SMILES string of the molecule is O=C(COc1ccc([N+](=O)[O-])cc1F)N1CCc2cc(S(=O)(=O)N3CCCCC3)ccc21. The van der Waals surface area contributed by atoms with Crippen LogP contribution in [0.2, 0.25) is 0 Å². The number of nitro groups is 1. The van der Waals surface area contributed by atoms with Crippen molar-refractivity contribution in [1.29, 1.82) is 0 Å². The predicted molar refractivity (Wildman–Crippen MR) is 114 cm³/mol. The third-order valence-electron chi connectivity index (χ3n) is 5.68. The van der Waals surface area contributed by atoms with Crippen molar-refractivity contribution in [3.63, 3.8) is 0 Å². The number of carbonyl (C=O) groups is 1. The van der Waals surface area contributed by atoms with Crippen LogP contribution < -0.4 is 9.64 Å². The van der Waals surface area contributed by atoms with E-state index in [0.717, 1.165) is 43.0 Å². The van der Waals surface area contributed by atoms with Gasteiger partial charge in [-0.15, -0.1) is 0 Å². The van der Waals surface area contributed by atoms with Crippen molar-refractivity contribution in [3.8, 4) is 5.75 Å². The van der Waals surface area contributed by atoms with E-state index in [1.807, 2.05) is 0 Å². The van der Waals surface area contributed by atoms with E-state index in [2.05, 4.69) is 0 Å². The molecule has 0 N–H and O–H groups in total. The summed E-state index contributed by atoms with van der Waals surface area (Å²) in [4.78, 5) is 24.3. The fourth-order valence-corrected chi connectivity index (χ4v) is 5.56. The molecule has 2 aromatic carbocycles. The first kappa shape index (κ1) is 22.2. The van der Waals surface area contributed by atoms with Crippen molar-refractivity contribution in [2.45, 2.75) is 30.6 Å². The largest absolute Gasteiger partial charge is 0.481 e. The molecular formula is C21H22FN3O6S. The average Bonchev–Trinajstić information content (AvgIpc) is 3.22. The number of rotatable bonds is 6. The summed E-state index contributed by atoms with van der Waals surface area (Å²) < 4.78 is 46.5. The summed E-state index contributed by atoms with van der Waals surface area (Å²) in [5.41, 5.74) is 0.934. The number of piperidine rings is 1. The Hall–Kier alpha value is -3.05. The number of nitro benzene ring substituents is 1. The molecule has 0 radical (unpaired) electrons. The van der Waals surface area contributed by atoms with E-state index in [-0.39, 0.29) is 10.6 Å². The van der Waals surface area contributed by atoms with Crippen molar-refractivity contribution in [1.82, 2.24) is 4.31 Å². The van der Waals surface area contributed by atoms with Crippen molar-refractivity contribution < 1.29 is 27.3 Å². The smallest absolute Gasteiger partial charge is 0.272 e. The van der Waals surface area contributed by atoms with Crippen LogP contribution in [0.25, 0.3) is 0 Å². The minimum Gasteiger partial charge on any atom is -0.481 e. The Morgan fingerprint density at radius 3 is 2.53 bits per heavy atom. The number of anilines is 1. The highest BCUT2D eigenvalue weighted by Crippen LogP contribution is 2.32. The molecule has 0 aliphatic carbocycles. The fourth-order valence-electron chi connectivity index (χ4n) is 3.99. The number of fused-ring (bicyclic) bond motifs is 1. The molecule has 2 aliphatic rings. The van der Waals surface area contributed by atoms with Crippen LogP contribution in [0.4, 0.5) is 15.8 Å². The maximum absolute atomic E-state index is 14.0. The maximum Gasteiger partial charge on any atom is 0.272 e. The van der Waals surface area contributed by atoms with Crippen LogP contribution in [-0.4, -0.2) is 49.8 Å². The number of hydrogen-bond donors (Lipinski definition) is 0. The normalized spacial score (nSPS) is 16.6. The predicted octanol–water partition coefficient (Wildman–Crippen LogP) is 2.88. The highest BCUT2D eigenvalue weighted by molar-refractivity contribution is 7.89. The second kappa shape index (κ2) is 8.83. The number of amides is 1. The zero-order valence-corrected chi connectivity index (χ0v) is 18.0. The minimum atomic E-state index is -3.57. The van der Waals surface area contributed by atoms with Gasteiger partial charge in [-0.05, 0) is 49.1 Å². The zero-order chi connectivity index (χ0) is 22.9. The number of benzene rings is 2. The number of ether oxygens (including phenoxy) is 1. The van der Waals surface area contributed by atoms with Crippen LogP contribution in [0.5, 0.6) is 5.75 Å². The van der Waals surface area contributed by atoms with Gasteiger partial charge in [-0.2, -0.15) is 4.31 Å². The molecule has 32 heavy (non-hydrogen) atoms. The maximum atomic E-state index is 14.0. The third kappa shape index (κ3) is 4.30. The molecule has 170 valence electrons. The standard InChI is InChI=1S/C21H22FN3O6S/c22-18-13-16(25(27)28)4-7-20(18)31-14-21(26)24-11-8-15-12-17(5-6-19(15)24)32(29,30)23-9-2-1-3-10-23/h4-7,12-13H,1-3,8-11,14H2. The van der Waals surface area contributed by atoms with Gasteiger partial charge in [-0.1, -0.05) is 6.42 Å². The van der Waals surface area contributed by atoms with Crippen LogP contribution >= 0.6 is 0 Å². The lowest BCUT2D eigenvalue weighted by Gasteiger charge is -2.26. The lowest BCUT2D eigenvalue weighted by atomic mass is 10.2. The van der Waals surface area contributed by atoms with E-state index >= 15 is 0 Å². The number of hydrogen-bond acceptors (Lipinski definition) is 6. The number of halogens is 1. The molecule has 2 heterocycles. The van der Waals surface area contributed by atoms with E-state index in [9.17, 15) is 27.7 Å². The molecule has 0 unspecified atom stereocenters. The van der Waals surface area contributed by atoms with Crippen LogP contribution in [0.3, 0.4) is 0 Å². The van der Waals surface area contributed by atoms with Gasteiger partial charge in [-0.3, -0.25) is 14.9 Å². The first-order valence-electron chi connectivity index (χ1n) is 10.3. The minimum absolute atomic E-state index is 0.219. The van der Waals surface area contributed by atoms with Crippen molar-refractivity contribution in [3.05, 3.63) is 57.9 Å². The van der Waals surface area contributed by atoms with Crippen LogP contribution in [-0.2, 0) is 21.2 Å². The molecule has 1 amide bonds. The number of nitrogens with zero attached hydrogens (tertiary/aromatic N) is 3. The van der Waals surface area contributed by atoms with Crippen molar-refractivity contribution >= 4 is 27.3 Å². The number of sulfonamides is 1. The highest BCUT2D eigenvalue weighted by Gasteiger charge is 2.30. The Morgan fingerprint density at radius 2 is 1.84 bits per heavy atom. The van der Waals surface area contributed by atoms with Crippen LogP contribution in [0.15, 0.2) is 41.3 Å². The summed E-state index contributed by atoms with van der Waals surface area (Å²) >= 11 is 0. The first-order valence-corrected chi connectivity index (χ1v) is 11.7. The van der Waals surface area contributed by atoms with Crippen molar-refractivity contribution in [2.75, 3.05) is 31.1 Å². The molecule has 0 saturated carbocycles. The van der Waals surface area contributed by atoms with E-state index in [1.165, 1.54) is 15.3 Å². The summed E-state index contributed by atoms with van der Waals surface area (Å²) in [5.74, 6) is -1.61. The van der Waals surface area contributed by atoms with Gasteiger partial charge in [0.05, 0.1) is 15.9 Å². The van der Waals surface area contributed by atoms with Gasteiger partial charge >= 0.3 is 0 Å². The molecule has 2 aromatic rings. The third-order valence-corrected chi connectivity index (χ3v) is 7.57. The summed E-state index contributed by atoms with van der Waals surface area (Å²) in [6.45, 7) is 0.927. The molecule has 0 spiro atoms. The first-order chi connectivity index (χ1) is 15.3. The lowest BCUT2D eigenvalue weighted by Crippen LogP contribution is -2.35. The summed E-state index contributed by atoms with van der Waals surface area (Å²) in [6.07, 6.45) is 3.22. The lowest BCUT2D eigenvalue weighted by molar-refractivity contribution is -0.385. The number of carbonyl (C=O) groups excluding carboxylic acids is 1. The molecule has 2 aliphatic heterocycles. The van der Waals surface area contributed by atoms with Gasteiger partial charge in [-0.25, -0.2) is 12.8 Å². The molecular weight excluding hydrogens is 441 g/mol. The van der Waals surface area contributed by atoms with Gasteiger partial charge in [0.25, 0.3) is 11.6 Å². The topological polar surface area (TPSA) is 110 Å². The Bertz CT molecular complexity index is 1160. The summed E-state index contributed by atoms with van der Waals surface area (Å²) in [5, 5.41) is 10.7. The Balaban J connectivity index is 1.45. The van der Waals surface area contributed by atoms with Gasteiger partial charge in [0.15, 0.2) is 18.2 Å². The van der Waals surface area contributed by atoms with E-state index in [0.29, 0.717) is 31.7 Å². The summed E-state index contributed by atoms with van der Waals surface area (Å²) in [6, 6.07) is 7.67. The monoisotopic (exact) mass is 463 g/mol. The molecule has 0 aromatic heterocycles. The Morgan fingerprint density at radius 1 is 1.09 bits per heavy atom. The van der Waals surface area contributed by atoms with E-state index < -0.39 is 39.0 Å². The second-order valence-corrected chi connectivity index (χ2v) is 9.65. The molecule has 9 nitrogen and oxygen atoms in total. The van der Waals surface area contributed by atoms with Crippen molar-refractivity contribution in [2.24, 2.45) is 0 Å². The summed E-state index contributed by atoms with van der Waals surface area (Å²) in [7, 11) is -3.57. The molecule has 0 atom stereocenters. The van der Waals surface area contributed by atoms with Crippen LogP contribution in [0.1, 0.15) is 24.8 Å². The van der Waals surface area contributed by atoms with E-state index in [4.69, 9.17) is 4.74 Å². The highest BCUT2D eigenvalue weighted by atomic mass is 32.2. The van der Waals surface area contributed by atoms with Gasteiger partial charge in [0.2, 0.25) is 10.0 Å².